The van der Waals surface area contributed by atoms with Crippen molar-refractivity contribution in [2.45, 2.75) is 13.2 Å². The van der Waals surface area contributed by atoms with Gasteiger partial charge in [0.25, 0.3) is 0 Å². The molecule has 4 aromatic rings. The van der Waals surface area contributed by atoms with Gasteiger partial charge in [-0.2, -0.15) is 0 Å². The number of methoxy groups -OCH3 is 1. The van der Waals surface area contributed by atoms with Crippen molar-refractivity contribution in [2.75, 3.05) is 7.11 Å². The molecule has 3 aromatic carbocycles. The van der Waals surface area contributed by atoms with E-state index in [9.17, 15) is 0 Å². The Bertz CT molecular complexity index is 1060. The fraction of sp³-hybridized carbons (Fsp3) is 0.136. The third-order valence-electron chi connectivity index (χ3n) is 4.39. The lowest BCUT2D eigenvalue weighted by Crippen LogP contribution is -2.08. The Morgan fingerprint density at radius 3 is 2.48 bits per heavy atom. The number of hydrogen-bond acceptors (Lipinski definition) is 3. The highest BCUT2D eigenvalue weighted by molar-refractivity contribution is 9.10. The van der Waals surface area contributed by atoms with Gasteiger partial charge in [0.15, 0.2) is 0 Å². The van der Waals surface area contributed by atoms with Crippen LogP contribution in [0, 0.1) is 0 Å². The normalized spacial score (nSPS) is 10.9. The number of fused-ring (bicyclic) bond motifs is 1. The van der Waals surface area contributed by atoms with Crippen molar-refractivity contribution >= 4 is 27.0 Å². The highest BCUT2D eigenvalue weighted by Gasteiger charge is 2.12. The summed E-state index contributed by atoms with van der Waals surface area (Å²) in [5.74, 6) is 2.49. The van der Waals surface area contributed by atoms with E-state index in [2.05, 4.69) is 38.7 Å². The maximum Gasteiger partial charge on any atom is 0.148 e. The molecule has 0 fully saturated rings. The largest absolute Gasteiger partial charge is 0.497 e. The molecule has 0 aliphatic carbocycles. The van der Waals surface area contributed by atoms with E-state index in [1.807, 2.05) is 54.6 Å². The van der Waals surface area contributed by atoms with Crippen LogP contribution in [0.4, 0.5) is 0 Å². The highest BCUT2D eigenvalue weighted by atomic mass is 79.9. The van der Waals surface area contributed by atoms with Crippen molar-refractivity contribution in [3.63, 3.8) is 0 Å². The van der Waals surface area contributed by atoms with Gasteiger partial charge in [-0.05, 0) is 54.1 Å². The molecule has 5 heteroatoms. The molecule has 4 rings (SSSR count). The molecule has 1 heterocycles. The molecule has 1 aromatic heterocycles. The van der Waals surface area contributed by atoms with E-state index >= 15 is 0 Å². The van der Waals surface area contributed by atoms with Gasteiger partial charge in [0.05, 0.1) is 18.1 Å². The summed E-state index contributed by atoms with van der Waals surface area (Å²) in [6, 6.07) is 24.1. The minimum atomic E-state index is 0.398. The van der Waals surface area contributed by atoms with Crippen LogP contribution in [-0.4, -0.2) is 16.7 Å². The van der Waals surface area contributed by atoms with Crippen molar-refractivity contribution in [2.24, 2.45) is 0 Å². The first-order chi connectivity index (χ1) is 13.2. The molecule has 0 N–H and O–H groups in total. The van der Waals surface area contributed by atoms with E-state index in [-0.39, 0.29) is 0 Å². The number of imidazole rings is 1. The van der Waals surface area contributed by atoms with Gasteiger partial charge in [0.1, 0.15) is 23.9 Å². The number of nitrogens with zero attached hydrogens (tertiary/aromatic N) is 2. The first kappa shape index (κ1) is 17.6. The number of aromatic nitrogens is 2. The third-order valence-corrected chi connectivity index (χ3v) is 4.88. The van der Waals surface area contributed by atoms with Crippen LogP contribution in [-0.2, 0) is 13.2 Å². The maximum absolute atomic E-state index is 5.98. The van der Waals surface area contributed by atoms with Crippen molar-refractivity contribution in [3.8, 4) is 11.5 Å². The molecular weight excluding hydrogens is 404 g/mol. The van der Waals surface area contributed by atoms with Gasteiger partial charge in [-0.25, -0.2) is 4.98 Å². The van der Waals surface area contributed by atoms with Crippen LogP contribution in [0.5, 0.6) is 11.5 Å². The van der Waals surface area contributed by atoms with E-state index in [1.165, 1.54) is 5.56 Å². The van der Waals surface area contributed by atoms with Crippen LogP contribution >= 0.6 is 15.9 Å². The van der Waals surface area contributed by atoms with Gasteiger partial charge < -0.3 is 14.0 Å². The highest BCUT2D eigenvalue weighted by Crippen LogP contribution is 2.22. The summed E-state index contributed by atoms with van der Waals surface area (Å²) < 4.78 is 14.4. The Morgan fingerprint density at radius 1 is 0.926 bits per heavy atom. The van der Waals surface area contributed by atoms with Crippen LogP contribution in [0.25, 0.3) is 11.0 Å². The number of hydrogen-bond donors (Lipinski definition) is 0. The Hall–Kier alpha value is -2.79. The summed E-state index contributed by atoms with van der Waals surface area (Å²) in [6.07, 6.45) is 0. The molecule has 4 nitrogen and oxygen atoms in total. The SMILES string of the molecule is COc1ccc(OCc2nc3ccccc3n2Cc2cccc(Br)c2)cc1. The Balaban J connectivity index is 1.62. The first-order valence-electron chi connectivity index (χ1n) is 8.68. The number of ether oxygens (including phenoxy) is 2. The Kier molecular flexibility index (Phi) is 5.12. The Labute approximate surface area is 166 Å². The molecule has 0 saturated heterocycles. The molecule has 0 aliphatic rings. The van der Waals surface area contributed by atoms with Crippen LogP contribution in [0.2, 0.25) is 0 Å². The van der Waals surface area contributed by atoms with E-state index in [0.717, 1.165) is 39.4 Å². The lowest BCUT2D eigenvalue weighted by molar-refractivity contribution is 0.290. The monoisotopic (exact) mass is 422 g/mol. The number of halogens is 1. The van der Waals surface area contributed by atoms with Crippen LogP contribution in [0.15, 0.2) is 77.3 Å². The fourth-order valence-electron chi connectivity index (χ4n) is 3.05. The number of benzene rings is 3. The summed E-state index contributed by atoms with van der Waals surface area (Å²) in [7, 11) is 1.65. The van der Waals surface area contributed by atoms with Gasteiger partial charge in [0.2, 0.25) is 0 Å². The molecule has 0 bridgehead atoms. The van der Waals surface area contributed by atoms with E-state index in [0.29, 0.717) is 6.61 Å². The van der Waals surface area contributed by atoms with Crippen molar-refractivity contribution in [3.05, 3.63) is 88.7 Å². The molecule has 0 amide bonds. The summed E-state index contributed by atoms with van der Waals surface area (Å²) in [5.41, 5.74) is 3.28. The quantitative estimate of drug-likeness (QED) is 0.415. The second kappa shape index (κ2) is 7.84. The summed E-state index contributed by atoms with van der Waals surface area (Å²) in [6.45, 7) is 1.14. The average Bonchev–Trinajstić information content (AvgIpc) is 3.04. The molecular formula is C22H19BrN2O2. The second-order valence-corrected chi connectivity index (χ2v) is 7.11. The van der Waals surface area contributed by atoms with Gasteiger partial charge in [-0.15, -0.1) is 0 Å². The lowest BCUT2D eigenvalue weighted by atomic mass is 10.2. The number of para-hydroxylation sites is 2. The zero-order valence-corrected chi connectivity index (χ0v) is 16.5. The molecule has 0 spiro atoms. The summed E-state index contributed by atoms with van der Waals surface area (Å²) >= 11 is 3.55. The van der Waals surface area contributed by atoms with Crippen molar-refractivity contribution < 1.29 is 9.47 Å². The average molecular weight is 423 g/mol. The maximum atomic E-state index is 5.98. The van der Waals surface area contributed by atoms with E-state index in [1.54, 1.807) is 7.11 Å². The minimum Gasteiger partial charge on any atom is -0.497 e. The van der Waals surface area contributed by atoms with Crippen LogP contribution < -0.4 is 9.47 Å². The predicted molar refractivity (Wildman–Crippen MR) is 110 cm³/mol. The van der Waals surface area contributed by atoms with Gasteiger partial charge in [-0.1, -0.05) is 40.2 Å². The minimum absolute atomic E-state index is 0.398. The number of rotatable bonds is 6. The van der Waals surface area contributed by atoms with Crippen molar-refractivity contribution in [1.29, 1.82) is 0 Å². The van der Waals surface area contributed by atoms with Crippen molar-refractivity contribution in [1.82, 2.24) is 9.55 Å². The molecule has 0 aliphatic heterocycles. The second-order valence-electron chi connectivity index (χ2n) is 6.20. The summed E-state index contributed by atoms with van der Waals surface area (Å²) in [4.78, 5) is 4.78. The first-order valence-corrected chi connectivity index (χ1v) is 9.47. The standard InChI is InChI=1S/C22H19BrN2O2/c1-26-18-9-11-19(12-10-18)27-15-22-24-20-7-2-3-8-21(20)25(22)14-16-5-4-6-17(23)13-16/h2-13H,14-15H2,1H3. The molecule has 0 saturated carbocycles. The molecule has 0 radical (unpaired) electrons. The van der Waals surface area contributed by atoms with E-state index in [4.69, 9.17) is 14.5 Å². The molecule has 0 atom stereocenters. The van der Waals surface area contributed by atoms with E-state index < -0.39 is 0 Å². The molecule has 0 unspecified atom stereocenters. The topological polar surface area (TPSA) is 36.3 Å². The third kappa shape index (κ3) is 3.98. The fourth-order valence-corrected chi connectivity index (χ4v) is 3.50. The smallest absolute Gasteiger partial charge is 0.148 e. The summed E-state index contributed by atoms with van der Waals surface area (Å²) in [5, 5.41) is 0. The van der Waals surface area contributed by atoms with Gasteiger partial charge in [0, 0.05) is 11.0 Å². The zero-order chi connectivity index (χ0) is 18.6. The van der Waals surface area contributed by atoms with Crippen LogP contribution in [0.3, 0.4) is 0 Å². The molecule has 27 heavy (non-hydrogen) atoms. The Morgan fingerprint density at radius 2 is 1.70 bits per heavy atom. The van der Waals surface area contributed by atoms with Gasteiger partial charge >= 0.3 is 0 Å². The zero-order valence-electron chi connectivity index (χ0n) is 14.9. The van der Waals surface area contributed by atoms with Gasteiger partial charge in [-0.3, -0.25) is 0 Å². The predicted octanol–water partition coefficient (Wildman–Crippen LogP) is 5.43. The lowest BCUT2D eigenvalue weighted by Gasteiger charge is -2.11. The van der Waals surface area contributed by atoms with Crippen LogP contribution in [0.1, 0.15) is 11.4 Å². The molecule has 136 valence electrons.